The van der Waals surface area contributed by atoms with Gasteiger partial charge < -0.3 is 36.8 Å². The average Bonchev–Trinajstić information content (AvgIpc) is 2.52. The Morgan fingerprint density at radius 1 is 1.17 bits per heavy atom. The molecule has 6 nitrogen and oxygen atoms in total. The summed E-state index contributed by atoms with van der Waals surface area (Å²) in [6, 6.07) is 5.86. The average molecular weight is 360 g/mol. The van der Waals surface area contributed by atoms with Gasteiger partial charge in [0.05, 0.1) is 0 Å². The van der Waals surface area contributed by atoms with Crippen molar-refractivity contribution in [2.75, 3.05) is 10.6 Å². The van der Waals surface area contributed by atoms with Crippen molar-refractivity contribution in [3.05, 3.63) is 71.2 Å². The van der Waals surface area contributed by atoms with Crippen molar-refractivity contribution in [3.63, 3.8) is 0 Å². The minimum absolute atomic E-state index is 0. The smallest absolute Gasteiger partial charge is 0.531 e. The largest absolute Gasteiger partial charge is 1.00 e. The normalized spacial score (nSPS) is 8.88. The van der Waals surface area contributed by atoms with Crippen LogP contribution in [0, 0.1) is 26.1 Å². The van der Waals surface area contributed by atoms with Gasteiger partial charge in [0, 0.05) is 5.69 Å². The van der Waals surface area contributed by atoms with Crippen molar-refractivity contribution in [3.8, 4) is 0 Å². The van der Waals surface area contributed by atoms with E-state index in [0.29, 0.717) is 5.69 Å². The number of hydrogen-bond acceptors (Lipinski definition) is 4. The van der Waals surface area contributed by atoms with E-state index in [2.05, 4.69) is 16.8 Å². The number of aromatic nitrogens is 2. The molecule has 2 aromatic rings. The Kier molecular flexibility index (Phi) is 13.1. The van der Waals surface area contributed by atoms with Crippen molar-refractivity contribution in [1.82, 2.24) is 9.13 Å². The first-order valence-electron chi connectivity index (χ1n) is 6.78. The molecule has 0 unspecified atom stereocenters. The number of nitrogens with one attached hydrogen (secondary N) is 2. The summed E-state index contributed by atoms with van der Waals surface area (Å²) in [5, 5.41) is 5.47. The van der Waals surface area contributed by atoms with Crippen LogP contribution in [0.3, 0.4) is 0 Å². The Bertz CT molecular complexity index is 744. The molecule has 0 aliphatic carbocycles. The zero-order valence-electron chi connectivity index (χ0n) is 15.0. The van der Waals surface area contributed by atoms with Crippen LogP contribution in [0.25, 0.3) is 0 Å². The first-order chi connectivity index (χ1) is 10.5. The third kappa shape index (κ3) is 6.90. The predicted octanol–water partition coefficient (Wildman–Crippen LogP) is -0.853. The van der Waals surface area contributed by atoms with Crippen molar-refractivity contribution in [1.29, 1.82) is 0 Å². The summed E-state index contributed by atoms with van der Waals surface area (Å²) in [5.74, 6) is -0.368. The summed E-state index contributed by atoms with van der Waals surface area (Å²) in [4.78, 5) is 23.3. The molecule has 0 saturated heterocycles. The molecule has 0 saturated carbocycles. The van der Waals surface area contributed by atoms with Gasteiger partial charge in [0.25, 0.3) is 0 Å². The molecule has 8 heteroatoms. The fourth-order valence-electron chi connectivity index (χ4n) is 1.61. The number of hydrogen-bond donors (Lipinski definition) is 2. The number of aryl methyl sites for hydroxylation is 1. The second-order valence-electron chi connectivity index (χ2n) is 4.14. The van der Waals surface area contributed by atoms with Gasteiger partial charge in [0.15, 0.2) is 5.56 Å². The summed E-state index contributed by atoms with van der Waals surface area (Å²) >= 11 is 0. The Morgan fingerprint density at radius 3 is 2.38 bits per heavy atom. The molecule has 128 valence electrons. The van der Waals surface area contributed by atoms with Crippen LogP contribution < -0.4 is 73.3 Å². The molecule has 0 aliphatic heterocycles. The second kappa shape index (κ2) is 12.4. The maximum absolute atomic E-state index is 13.0. The molecule has 0 amide bonds. The van der Waals surface area contributed by atoms with E-state index in [9.17, 15) is 14.0 Å². The molecule has 0 atom stereocenters. The van der Waals surface area contributed by atoms with Gasteiger partial charge in [-0.05, 0) is 38.0 Å². The third-order valence-electron chi connectivity index (χ3n) is 2.65. The Hall–Kier alpha value is -0.934. The van der Waals surface area contributed by atoms with E-state index in [1.165, 1.54) is 37.5 Å². The van der Waals surface area contributed by atoms with Gasteiger partial charge in [-0.3, -0.25) is 0 Å². The molecule has 2 rings (SSSR count). The molecule has 24 heavy (non-hydrogen) atoms. The first-order valence-corrected chi connectivity index (χ1v) is 6.78. The van der Waals surface area contributed by atoms with Crippen LogP contribution in [0.4, 0.5) is 15.8 Å². The van der Waals surface area contributed by atoms with Gasteiger partial charge in [-0.25, -0.2) is 4.39 Å². The summed E-state index contributed by atoms with van der Waals surface area (Å²) in [5.41, 5.74) is -0.318. The number of anilines is 2. The molecule has 1 heterocycles. The Balaban J connectivity index is 0. The summed E-state index contributed by atoms with van der Waals surface area (Å²) in [6.45, 7) is 5.37. The molecule has 0 radical (unpaired) electrons. The molecule has 0 spiro atoms. The monoisotopic (exact) mass is 360 g/mol. The summed E-state index contributed by atoms with van der Waals surface area (Å²) in [6.07, 6.45) is 2.60. The van der Waals surface area contributed by atoms with Crippen molar-refractivity contribution >= 4 is 11.4 Å². The standard InChI is InChI=1S/C13H13FN4O2.C2H6.CH3.K/c1-17-7-11(12(19)18(2)13(17)20)16-8-15-10-5-3-4-9(14)6-10;1-2;;/h3-6,8,15-16H,1-2H3;1-2H3;1H3;/q-2;;-1;+1. The van der Waals surface area contributed by atoms with Gasteiger partial charge in [0.2, 0.25) is 5.69 Å². The van der Waals surface area contributed by atoms with Gasteiger partial charge in [0.1, 0.15) is 5.82 Å². The van der Waals surface area contributed by atoms with Crippen molar-refractivity contribution < 1.29 is 55.8 Å². The zero-order chi connectivity index (χ0) is 16.7. The molecule has 1 aromatic heterocycles. The van der Waals surface area contributed by atoms with E-state index >= 15 is 0 Å². The van der Waals surface area contributed by atoms with E-state index in [4.69, 9.17) is 0 Å². The van der Waals surface area contributed by atoms with Gasteiger partial charge in [-0.2, -0.15) is 6.67 Å². The van der Waals surface area contributed by atoms with Crippen LogP contribution >= 0.6 is 0 Å². The van der Waals surface area contributed by atoms with Crippen LogP contribution in [0.15, 0.2) is 33.9 Å². The van der Waals surface area contributed by atoms with E-state index in [-0.39, 0.29) is 70.3 Å². The van der Waals surface area contributed by atoms with Crippen LogP contribution in [0.5, 0.6) is 0 Å². The molecular formula is C16H22FKN4O2-2. The fourth-order valence-corrected chi connectivity index (χ4v) is 1.61. The maximum atomic E-state index is 13.0. The number of nitrogens with zero attached hydrogens (tertiary/aromatic N) is 2. The number of benzene rings is 1. The predicted molar refractivity (Wildman–Crippen MR) is 91.5 cm³/mol. The number of halogens is 1. The second-order valence-corrected chi connectivity index (χ2v) is 4.14. The van der Waals surface area contributed by atoms with Crippen LogP contribution in [-0.2, 0) is 14.1 Å². The van der Waals surface area contributed by atoms with Crippen LogP contribution in [0.1, 0.15) is 13.8 Å². The SMILES string of the molecule is CC.Cn1[c-]c(N[CH-]Nc2cccc(F)c2)c(=O)n(C)c1=O.[CH3-].[K+]. The Labute approximate surface area is 184 Å². The minimum Gasteiger partial charge on any atom is -0.531 e. The molecule has 2 N–H and O–H groups in total. The van der Waals surface area contributed by atoms with Crippen molar-refractivity contribution in [2.45, 2.75) is 13.8 Å². The summed E-state index contributed by atoms with van der Waals surface area (Å²) < 4.78 is 15.1. The zero-order valence-corrected chi connectivity index (χ0v) is 18.1. The van der Waals surface area contributed by atoms with Crippen molar-refractivity contribution in [2.24, 2.45) is 14.1 Å². The Morgan fingerprint density at radius 2 is 1.79 bits per heavy atom. The topological polar surface area (TPSA) is 68.1 Å². The third-order valence-corrected chi connectivity index (χ3v) is 2.65. The van der Waals surface area contributed by atoms with Crippen LogP contribution in [0.2, 0.25) is 0 Å². The van der Waals surface area contributed by atoms with Gasteiger partial charge in [-0.15, -0.1) is 0 Å². The first kappa shape index (κ1) is 25.3. The number of rotatable bonds is 4. The quantitative estimate of drug-likeness (QED) is 0.550. The van der Waals surface area contributed by atoms with E-state index in [1.807, 2.05) is 13.8 Å². The summed E-state index contributed by atoms with van der Waals surface area (Å²) in [7, 11) is 2.87. The van der Waals surface area contributed by atoms with Gasteiger partial charge >= 0.3 is 51.4 Å². The molecule has 0 bridgehead atoms. The fraction of sp³-hybridized carbons (Fsp3) is 0.250. The van der Waals surface area contributed by atoms with Gasteiger partial charge in [-0.1, -0.05) is 26.1 Å². The van der Waals surface area contributed by atoms with E-state index < -0.39 is 11.2 Å². The molecule has 0 aliphatic rings. The minimum atomic E-state index is -0.495. The molecule has 0 fully saturated rings. The van der Waals surface area contributed by atoms with Crippen LogP contribution in [-0.4, -0.2) is 9.13 Å². The molecule has 1 aromatic carbocycles. The van der Waals surface area contributed by atoms with E-state index in [0.717, 1.165) is 4.57 Å². The van der Waals surface area contributed by atoms with E-state index in [1.54, 1.807) is 12.1 Å². The maximum Gasteiger partial charge on any atom is 1.00 e. The molecular weight excluding hydrogens is 338 g/mol.